The predicted octanol–water partition coefficient (Wildman–Crippen LogP) is 6.89. The summed E-state index contributed by atoms with van der Waals surface area (Å²) in [6, 6.07) is 24.9. The van der Waals surface area contributed by atoms with Crippen molar-refractivity contribution in [2.24, 2.45) is 4.99 Å². The van der Waals surface area contributed by atoms with E-state index in [-0.39, 0.29) is 12.2 Å². The molecule has 7 nitrogen and oxygen atoms in total. The first kappa shape index (κ1) is 31.3. The Bertz CT molecular complexity index is 2160. The number of benzene rings is 4. The minimum absolute atomic E-state index is 0.214. The van der Waals surface area contributed by atoms with Gasteiger partial charge in [0.2, 0.25) is 0 Å². The summed E-state index contributed by atoms with van der Waals surface area (Å²) in [5.41, 5.74) is 4.16. The molecule has 1 aliphatic rings. The van der Waals surface area contributed by atoms with Crippen molar-refractivity contribution in [2.45, 2.75) is 40.3 Å². The average Bonchev–Trinajstić information content (AvgIpc) is 3.34. The highest BCUT2D eigenvalue weighted by Gasteiger charge is 2.33. The second kappa shape index (κ2) is 13.4. The minimum atomic E-state index is -0.675. The summed E-state index contributed by atoms with van der Waals surface area (Å²) in [5.74, 6) is 0.423. The third-order valence-electron chi connectivity index (χ3n) is 7.79. The lowest BCUT2D eigenvalue weighted by Gasteiger charge is -2.24. The van der Waals surface area contributed by atoms with Gasteiger partial charge in [-0.15, -0.1) is 0 Å². The van der Waals surface area contributed by atoms with Crippen molar-refractivity contribution in [1.82, 2.24) is 4.57 Å². The standard InChI is InChI=1S/C37H33ClN2O5S/c1-5-43-30-19-24(18-29(38)34(30)45-21-27-12-9-11-25-10-7-8-13-28(25)27)20-31-35(41)40-33(26-16-14-22(3)15-17-26)32(36(42)44-6-2)23(4)39-37(40)46-31/h7-20,33H,5-6,21H2,1-4H3/b31-20+/t33-/m0/s1. The van der Waals surface area contributed by atoms with E-state index >= 15 is 0 Å². The Morgan fingerprint density at radius 3 is 2.50 bits per heavy atom. The van der Waals surface area contributed by atoms with Crippen LogP contribution in [0.1, 0.15) is 49.1 Å². The molecule has 0 amide bonds. The van der Waals surface area contributed by atoms with Crippen molar-refractivity contribution in [3.8, 4) is 11.5 Å². The van der Waals surface area contributed by atoms with Crippen LogP contribution in [0.2, 0.25) is 5.02 Å². The van der Waals surface area contributed by atoms with Gasteiger partial charge in [-0.3, -0.25) is 9.36 Å². The van der Waals surface area contributed by atoms with E-state index in [1.165, 1.54) is 11.3 Å². The predicted molar refractivity (Wildman–Crippen MR) is 182 cm³/mol. The molecule has 0 fully saturated rings. The second-order valence-electron chi connectivity index (χ2n) is 10.9. The van der Waals surface area contributed by atoms with E-state index in [9.17, 15) is 9.59 Å². The highest BCUT2D eigenvalue weighted by molar-refractivity contribution is 7.07. The smallest absolute Gasteiger partial charge is 0.338 e. The van der Waals surface area contributed by atoms with Crippen molar-refractivity contribution in [1.29, 1.82) is 0 Å². The number of rotatable bonds is 9. The van der Waals surface area contributed by atoms with E-state index in [4.69, 9.17) is 25.8 Å². The third-order valence-corrected chi connectivity index (χ3v) is 9.06. The number of fused-ring (bicyclic) bond motifs is 2. The lowest BCUT2D eigenvalue weighted by atomic mass is 9.95. The summed E-state index contributed by atoms with van der Waals surface area (Å²) in [6.45, 7) is 8.33. The molecule has 9 heteroatoms. The molecule has 0 aliphatic carbocycles. The second-order valence-corrected chi connectivity index (χ2v) is 12.3. The van der Waals surface area contributed by atoms with Gasteiger partial charge >= 0.3 is 5.97 Å². The van der Waals surface area contributed by atoms with Crippen molar-refractivity contribution < 1.29 is 19.0 Å². The SMILES string of the molecule is CCOC(=O)C1=C(C)N=c2s/c(=C/c3cc(Cl)c(OCc4cccc5ccccc45)c(OCC)c3)c(=O)n2[C@H]1c1ccc(C)cc1. The summed E-state index contributed by atoms with van der Waals surface area (Å²) in [5, 5.41) is 2.60. The lowest BCUT2D eigenvalue weighted by Crippen LogP contribution is -2.39. The third kappa shape index (κ3) is 6.10. The molecule has 1 atom stereocenters. The maximum absolute atomic E-state index is 14.0. The molecule has 4 aromatic carbocycles. The van der Waals surface area contributed by atoms with Crippen molar-refractivity contribution in [2.75, 3.05) is 13.2 Å². The van der Waals surface area contributed by atoms with Gasteiger partial charge in [0, 0.05) is 0 Å². The minimum Gasteiger partial charge on any atom is -0.490 e. The molecular weight excluding hydrogens is 620 g/mol. The molecule has 0 radical (unpaired) electrons. The number of aromatic nitrogens is 1. The number of hydrogen-bond donors (Lipinski definition) is 0. The fourth-order valence-electron chi connectivity index (χ4n) is 5.65. The molecule has 46 heavy (non-hydrogen) atoms. The number of hydrogen-bond acceptors (Lipinski definition) is 7. The Labute approximate surface area is 275 Å². The topological polar surface area (TPSA) is 79.1 Å². The zero-order valence-corrected chi connectivity index (χ0v) is 27.6. The van der Waals surface area contributed by atoms with Crippen LogP contribution in [0.4, 0.5) is 0 Å². The summed E-state index contributed by atoms with van der Waals surface area (Å²) in [6.07, 6.45) is 1.77. The summed E-state index contributed by atoms with van der Waals surface area (Å²) < 4.78 is 19.6. The first-order valence-corrected chi connectivity index (χ1v) is 16.3. The van der Waals surface area contributed by atoms with Gasteiger partial charge in [-0.05, 0) is 73.4 Å². The van der Waals surface area contributed by atoms with E-state index < -0.39 is 12.0 Å². The van der Waals surface area contributed by atoms with Gasteiger partial charge in [0.1, 0.15) is 6.61 Å². The van der Waals surface area contributed by atoms with Gasteiger partial charge in [-0.1, -0.05) is 95.2 Å². The normalized spacial score (nSPS) is 14.6. The Kier molecular flexibility index (Phi) is 9.10. The van der Waals surface area contributed by atoms with Crippen LogP contribution in [0.15, 0.2) is 99.9 Å². The summed E-state index contributed by atoms with van der Waals surface area (Å²) >= 11 is 8.05. The van der Waals surface area contributed by atoms with Gasteiger partial charge in [-0.25, -0.2) is 9.79 Å². The summed E-state index contributed by atoms with van der Waals surface area (Å²) in [7, 11) is 0. The maximum Gasteiger partial charge on any atom is 0.338 e. The Morgan fingerprint density at radius 2 is 1.74 bits per heavy atom. The maximum atomic E-state index is 14.0. The van der Waals surface area contributed by atoms with Crippen LogP contribution in [0.5, 0.6) is 11.5 Å². The first-order chi connectivity index (χ1) is 22.3. The van der Waals surface area contributed by atoms with E-state index in [0.717, 1.165) is 27.5 Å². The Balaban J connectivity index is 1.40. The van der Waals surface area contributed by atoms with Gasteiger partial charge in [-0.2, -0.15) is 0 Å². The average molecular weight is 653 g/mol. The Morgan fingerprint density at radius 1 is 0.978 bits per heavy atom. The van der Waals surface area contributed by atoms with Crippen LogP contribution < -0.4 is 24.4 Å². The number of aryl methyl sites for hydroxylation is 1. The van der Waals surface area contributed by atoms with Gasteiger partial charge in [0.05, 0.1) is 40.1 Å². The van der Waals surface area contributed by atoms with Crippen LogP contribution >= 0.6 is 22.9 Å². The molecule has 6 rings (SSSR count). The fraction of sp³-hybridized carbons (Fsp3) is 0.216. The van der Waals surface area contributed by atoms with Gasteiger partial charge in [0.15, 0.2) is 16.3 Å². The quantitative estimate of drug-likeness (QED) is 0.162. The number of ether oxygens (including phenoxy) is 3. The first-order valence-electron chi connectivity index (χ1n) is 15.1. The van der Waals surface area contributed by atoms with E-state index in [2.05, 4.69) is 23.2 Å². The number of carbonyl (C=O) groups is 1. The van der Waals surface area contributed by atoms with Gasteiger partial charge in [0.25, 0.3) is 5.56 Å². The van der Waals surface area contributed by atoms with Crippen LogP contribution in [0.3, 0.4) is 0 Å². The van der Waals surface area contributed by atoms with Crippen molar-refractivity contribution in [3.63, 3.8) is 0 Å². The fourth-order valence-corrected chi connectivity index (χ4v) is 6.97. The van der Waals surface area contributed by atoms with Crippen molar-refractivity contribution >= 4 is 45.8 Å². The van der Waals surface area contributed by atoms with Gasteiger partial charge < -0.3 is 14.2 Å². The zero-order valence-electron chi connectivity index (χ0n) is 26.0. The highest BCUT2D eigenvalue weighted by Crippen LogP contribution is 2.38. The van der Waals surface area contributed by atoms with Crippen LogP contribution in [0.25, 0.3) is 16.8 Å². The number of carbonyl (C=O) groups excluding carboxylic acids is 1. The van der Waals surface area contributed by atoms with Crippen LogP contribution in [-0.2, 0) is 16.1 Å². The molecule has 0 bridgehead atoms. The molecule has 5 aromatic rings. The molecule has 1 aromatic heterocycles. The van der Waals surface area contributed by atoms with Crippen molar-refractivity contribution in [3.05, 3.63) is 137 Å². The number of nitrogens with zero attached hydrogens (tertiary/aromatic N) is 2. The van der Waals surface area contributed by atoms with E-state index in [0.29, 0.717) is 55.9 Å². The number of esters is 1. The monoisotopic (exact) mass is 652 g/mol. The molecule has 0 saturated carbocycles. The van der Waals surface area contributed by atoms with Crippen LogP contribution in [-0.4, -0.2) is 23.8 Å². The molecule has 234 valence electrons. The molecule has 0 N–H and O–H groups in total. The Hall–Kier alpha value is -4.66. The number of halogens is 1. The lowest BCUT2D eigenvalue weighted by molar-refractivity contribution is -0.139. The highest BCUT2D eigenvalue weighted by atomic mass is 35.5. The summed E-state index contributed by atoms with van der Waals surface area (Å²) in [4.78, 5) is 32.4. The molecule has 2 heterocycles. The molecule has 0 spiro atoms. The molecule has 1 aliphatic heterocycles. The molecular formula is C37H33ClN2O5S. The van der Waals surface area contributed by atoms with Crippen LogP contribution in [0, 0.1) is 6.92 Å². The molecule has 0 unspecified atom stereocenters. The molecule has 0 saturated heterocycles. The largest absolute Gasteiger partial charge is 0.490 e. The van der Waals surface area contributed by atoms with E-state index in [1.54, 1.807) is 30.6 Å². The number of allylic oxidation sites excluding steroid dienone is 1. The van der Waals surface area contributed by atoms with E-state index in [1.807, 2.05) is 68.4 Å². The number of thiazole rings is 1. The zero-order chi connectivity index (χ0) is 32.4.